The summed E-state index contributed by atoms with van der Waals surface area (Å²) in [6.07, 6.45) is 1.83. The molecule has 10 heteroatoms. The minimum atomic E-state index is -3.76. The highest BCUT2D eigenvalue weighted by molar-refractivity contribution is 7.89. The van der Waals surface area contributed by atoms with Crippen LogP contribution < -0.4 is 10.5 Å². The number of hydrogen-bond acceptors (Lipinski definition) is 5. The van der Waals surface area contributed by atoms with Gasteiger partial charge in [0.25, 0.3) is 0 Å². The summed E-state index contributed by atoms with van der Waals surface area (Å²) in [7, 11) is -7.07. The third-order valence-electron chi connectivity index (χ3n) is 4.68. The second kappa shape index (κ2) is 8.68. The van der Waals surface area contributed by atoms with Gasteiger partial charge in [0.1, 0.15) is 0 Å². The van der Waals surface area contributed by atoms with Gasteiger partial charge in [-0.2, -0.15) is 0 Å². The normalized spacial score (nSPS) is 20.2. The smallest absolute Gasteiger partial charge is 0.238 e. The summed E-state index contributed by atoms with van der Waals surface area (Å²) in [5.74, 6) is -0.500. The summed E-state index contributed by atoms with van der Waals surface area (Å²) in [4.78, 5) is 12.6. The molecule has 1 fully saturated rings. The molecule has 0 aliphatic carbocycles. The molecule has 2 rings (SSSR count). The van der Waals surface area contributed by atoms with Crippen LogP contribution in [0.1, 0.15) is 44.7 Å². The largest absolute Gasteiger partial charge is 0.349 e. The molecule has 0 spiro atoms. The van der Waals surface area contributed by atoms with Gasteiger partial charge in [-0.25, -0.2) is 26.3 Å². The number of carbonyl (C=O) groups excluding carboxylic acids is 1. The monoisotopic (exact) mass is 417 g/mol. The zero-order valence-electron chi connectivity index (χ0n) is 15.6. The molecule has 1 heterocycles. The maximum absolute atomic E-state index is 12.6. The fourth-order valence-corrected chi connectivity index (χ4v) is 5.26. The Morgan fingerprint density at radius 2 is 1.89 bits per heavy atom. The van der Waals surface area contributed by atoms with E-state index in [-0.39, 0.29) is 29.1 Å². The van der Waals surface area contributed by atoms with Crippen molar-refractivity contribution < 1.29 is 21.6 Å². The minimum Gasteiger partial charge on any atom is -0.349 e. The van der Waals surface area contributed by atoms with E-state index < -0.39 is 26.0 Å². The molecular weight excluding hydrogens is 390 g/mol. The van der Waals surface area contributed by atoms with Crippen LogP contribution in [0.3, 0.4) is 0 Å². The van der Waals surface area contributed by atoms with Gasteiger partial charge in [0, 0.05) is 13.1 Å². The first-order valence-corrected chi connectivity index (χ1v) is 12.1. The van der Waals surface area contributed by atoms with Crippen LogP contribution >= 0.6 is 0 Å². The van der Waals surface area contributed by atoms with E-state index in [9.17, 15) is 21.6 Å². The van der Waals surface area contributed by atoms with Crippen LogP contribution in [0.4, 0.5) is 0 Å². The molecule has 1 aromatic rings. The van der Waals surface area contributed by atoms with E-state index in [1.165, 1.54) is 16.4 Å². The van der Waals surface area contributed by atoms with Crippen LogP contribution in [0.15, 0.2) is 29.2 Å². The fraction of sp³-hybridized carbons (Fsp3) is 0.588. The van der Waals surface area contributed by atoms with Crippen LogP contribution in [-0.2, 0) is 24.8 Å². The van der Waals surface area contributed by atoms with Gasteiger partial charge >= 0.3 is 0 Å². The Kier molecular flexibility index (Phi) is 7.01. The molecule has 0 aromatic heterocycles. The molecule has 0 radical (unpaired) electrons. The average molecular weight is 418 g/mol. The molecule has 3 N–H and O–H groups in total. The van der Waals surface area contributed by atoms with Gasteiger partial charge in [-0.1, -0.05) is 19.1 Å². The lowest BCUT2D eigenvalue weighted by molar-refractivity contribution is -0.126. The Balaban J connectivity index is 2.01. The molecule has 1 amide bonds. The van der Waals surface area contributed by atoms with Crippen LogP contribution in [0, 0.1) is 5.92 Å². The Morgan fingerprint density at radius 3 is 2.44 bits per heavy atom. The number of benzene rings is 1. The van der Waals surface area contributed by atoms with Crippen molar-refractivity contribution in [3.05, 3.63) is 29.8 Å². The Hall–Kier alpha value is -1.49. The first-order valence-electron chi connectivity index (χ1n) is 8.95. The highest BCUT2D eigenvalue weighted by Crippen LogP contribution is 2.22. The lowest BCUT2D eigenvalue weighted by Gasteiger charge is -2.31. The van der Waals surface area contributed by atoms with Crippen molar-refractivity contribution in [1.29, 1.82) is 0 Å². The highest BCUT2D eigenvalue weighted by Gasteiger charge is 2.32. The second-order valence-corrected chi connectivity index (χ2v) is 10.5. The predicted molar refractivity (Wildman–Crippen MR) is 103 cm³/mol. The maximum Gasteiger partial charge on any atom is 0.238 e. The minimum absolute atomic E-state index is 0.00818. The standard InChI is InChI=1S/C17H27N3O5S2/c1-3-11-26(22,23)20-10-4-5-15(12-20)17(21)19-13(2)14-6-8-16(9-7-14)27(18,24)25/h6-9,13,15H,3-5,10-12H2,1-2H3,(H,19,21)(H2,18,24,25). The quantitative estimate of drug-likeness (QED) is 0.683. The van der Waals surface area contributed by atoms with Gasteiger partial charge in [0.2, 0.25) is 26.0 Å². The summed E-state index contributed by atoms with van der Waals surface area (Å²) < 4.78 is 48.5. The molecule has 1 aliphatic rings. The van der Waals surface area contributed by atoms with Gasteiger partial charge < -0.3 is 5.32 Å². The van der Waals surface area contributed by atoms with Crippen molar-refractivity contribution in [2.24, 2.45) is 11.1 Å². The van der Waals surface area contributed by atoms with E-state index in [1.54, 1.807) is 19.1 Å². The first-order chi connectivity index (χ1) is 12.5. The third kappa shape index (κ3) is 5.74. The lowest BCUT2D eigenvalue weighted by Crippen LogP contribution is -2.46. The average Bonchev–Trinajstić information content (AvgIpc) is 2.61. The summed E-state index contributed by atoms with van der Waals surface area (Å²) in [6, 6.07) is 5.65. The molecular formula is C17H27N3O5S2. The molecule has 27 heavy (non-hydrogen) atoms. The number of nitrogens with zero attached hydrogens (tertiary/aromatic N) is 1. The summed E-state index contributed by atoms with van der Waals surface area (Å²) >= 11 is 0. The van der Waals surface area contributed by atoms with Crippen molar-refractivity contribution in [3.8, 4) is 0 Å². The molecule has 152 valence electrons. The first kappa shape index (κ1) is 21.8. The number of nitrogens with one attached hydrogen (secondary N) is 1. The highest BCUT2D eigenvalue weighted by atomic mass is 32.2. The van der Waals surface area contributed by atoms with Crippen molar-refractivity contribution in [3.63, 3.8) is 0 Å². The lowest BCUT2D eigenvalue weighted by atomic mass is 9.98. The van der Waals surface area contributed by atoms with E-state index in [4.69, 9.17) is 5.14 Å². The van der Waals surface area contributed by atoms with E-state index in [0.29, 0.717) is 25.8 Å². The van der Waals surface area contributed by atoms with Gasteiger partial charge in [0.15, 0.2) is 0 Å². The van der Waals surface area contributed by atoms with Crippen LogP contribution in [0.5, 0.6) is 0 Å². The Morgan fingerprint density at radius 1 is 1.26 bits per heavy atom. The molecule has 0 saturated carbocycles. The number of piperidine rings is 1. The predicted octanol–water partition coefficient (Wildman–Crippen LogP) is 0.963. The summed E-state index contributed by atoms with van der Waals surface area (Å²) in [5.41, 5.74) is 0.738. The second-order valence-electron chi connectivity index (χ2n) is 6.86. The topological polar surface area (TPSA) is 127 Å². The Labute approximate surface area is 161 Å². The van der Waals surface area contributed by atoms with Crippen molar-refractivity contribution >= 4 is 26.0 Å². The van der Waals surface area contributed by atoms with Gasteiger partial charge in [-0.3, -0.25) is 4.79 Å². The fourth-order valence-electron chi connectivity index (χ4n) is 3.16. The van der Waals surface area contributed by atoms with E-state index in [0.717, 1.165) is 5.56 Å². The maximum atomic E-state index is 12.6. The third-order valence-corrected chi connectivity index (χ3v) is 7.65. The molecule has 1 aliphatic heterocycles. The molecule has 1 saturated heterocycles. The van der Waals surface area contributed by atoms with Gasteiger partial charge in [-0.05, 0) is 43.9 Å². The van der Waals surface area contributed by atoms with Crippen LogP contribution in [0.2, 0.25) is 0 Å². The SMILES string of the molecule is CCCS(=O)(=O)N1CCCC(C(=O)NC(C)c2ccc(S(N)(=O)=O)cc2)C1. The summed E-state index contributed by atoms with van der Waals surface area (Å²) in [6.45, 7) is 4.26. The van der Waals surface area contributed by atoms with Crippen LogP contribution in [-0.4, -0.2) is 45.9 Å². The molecule has 2 unspecified atom stereocenters. The number of sulfonamides is 2. The zero-order chi connectivity index (χ0) is 20.2. The van der Waals surface area contributed by atoms with Gasteiger partial charge in [0.05, 0.1) is 22.6 Å². The van der Waals surface area contributed by atoms with E-state index in [2.05, 4.69) is 5.32 Å². The number of primary sulfonamides is 1. The number of rotatable bonds is 7. The van der Waals surface area contributed by atoms with E-state index in [1.807, 2.05) is 6.92 Å². The number of carbonyl (C=O) groups is 1. The summed E-state index contributed by atoms with van der Waals surface area (Å²) in [5, 5.41) is 7.97. The van der Waals surface area contributed by atoms with Crippen molar-refractivity contribution in [2.75, 3.05) is 18.8 Å². The number of nitrogens with two attached hydrogens (primary N) is 1. The van der Waals surface area contributed by atoms with E-state index >= 15 is 0 Å². The van der Waals surface area contributed by atoms with Crippen molar-refractivity contribution in [2.45, 2.75) is 44.0 Å². The molecule has 8 nitrogen and oxygen atoms in total. The van der Waals surface area contributed by atoms with Crippen molar-refractivity contribution in [1.82, 2.24) is 9.62 Å². The zero-order valence-corrected chi connectivity index (χ0v) is 17.2. The van der Waals surface area contributed by atoms with Gasteiger partial charge in [-0.15, -0.1) is 0 Å². The van der Waals surface area contributed by atoms with Crippen LogP contribution in [0.25, 0.3) is 0 Å². The molecule has 2 atom stereocenters. The number of hydrogen-bond donors (Lipinski definition) is 2. The molecule has 1 aromatic carbocycles. The molecule has 0 bridgehead atoms. The number of amides is 1. The Bertz CT molecular complexity index is 866.